The summed E-state index contributed by atoms with van der Waals surface area (Å²) in [6.07, 6.45) is 0. The van der Waals surface area contributed by atoms with Gasteiger partial charge in [-0.05, 0) is 48.5 Å². The molecule has 2 heterocycles. The van der Waals surface area contributed by atoms with Crippen molar-refractivity contribution in [1.29, 1.82) is 0 Å². The Morgan fingerprint density at radius 3 is 2.58 bits per heavy atom. The third kappa shape index (κ3) is 3.36. The van der Waals surface area contributed by atoms with Crippen LogP contribution < -0.4 is 9.64 Å². The van der Waals surface area contributed by atoms with E-state index < -0.39 is 16.5 Å². The number of anilines is 1. The highest BCUT2D eigenvalue weighted by atomic mass is 32.2. The van der Waals surface area contributed by atoms with E-state index in [0.29, 0.717) is 40.4 Å². The average Bonchev–Trinajstić information content (AvgIpc) is 3.37. The van der Waals surface area contributed by atoms with Gasteiger partial charge in [0.05, 0.1) is 19.3 Å². The SMILES string of the molecule is COc1ccc2c(c1)[C@@]1(SCCN1C(=O)c1ccc(F)cc1)C(=O)N2Cc1ccccc1F. The Bertz CT molecular complexity index is 1250. The molecule has 2 aliphatic heterocycles. The molecule has 0 unspecified atom stereocenters. The lowest BCUT2D eigenvalue weighted by Gasteiger charge is -2.33. The first-order valence-corrected chi connectivity index (χ1v) is 11.4. The Hall–Kier alpha value is -3.39. The summed E-state index contributed by atoms with van der Waals surface area (Å²) in [5.74, 6) is -0.431. The van der Waals surface area contributed by atoms with Crippen LogP contribution in [-0.2, 0) is 16.2 Å². The Morgan fingerprint density at radius 2 is 1.85 bits per heavy atom. The number of hydrogen-bond donors (Lipinski definition) is 0. The molecule has 1 spiro atoms. The van der Waals surface area contributed by atoms with Gasteiger partial charge in [-0.2, -0.15) is 0 Å². The second kappa shape index (κ2) is 8.19. The van der Waals surface area contributed by atoms with Crippen molar-refractivity contribution >= 4 is 29.3 Å². The minimum absolute atomic E-state index is 0.0335. The topological polar surface area (TPSA) is 49.9 Å². The van der Waals surface area contributed by atoms with E-state index in [1.54, 1.807) is 36.4 Å². The lowest BCUT2D eigenvalue weighted by Crippen LogP contribution is -2.50. The van der Waals surface area contributed by atoms with Crippen molar-refractivity contribution in [1.82, 2.24) is 4.90 Å². The molecule has 5 nitrogen and oxygen atoms in total. The predicted molar refractivity (Wildman–Crippen MR) is 122 cm³/mol. The minimum Gasteiger partial charge on any atom is -0.497 e. The van der Waals surface area contributed by atoms with Crippen LogP contribution in [0.4, 0.5) is 14.5 Å². The summed E-state index contributed by atoms with van der Waals surface area (Å²) in [6, 6.07) is 16.9. The van der Waals surface area contributed by atoms with Gasteiger partial charge in [0, 0.05) is 29.0 Å². The molecule has 1 fully saturated rings. The number of fused-ring (bicyclic) bond motifs is 2. The Labute approximate surface area is 193 Å². The van der Waals surface area contributed by atoms with Crippen LogP contribution in [0.15, 0.2) is 66.7 Å². The molecule has 0 bridgehead atoms. The van der Waals surface area contributed by atoms with Crippen LogP contribution in [-0.4, -0.2) is 36.1 Å². The van der Waals surface area contributed by atoms with Crippen LogP contribution in [0, 0.1) is 11.6 Å². The summed E-state index contributed by atoms with van der Waals surface area (Å²) in [6.45, 7) is 0.378. The molecule has 1 saturated heterocycles. The summed E-state index contributed by atoms with van der Waals surface area (Å²) in [5.41, 5.74) is 1.91. The van der Waals surface area contributed by atoms with E-state index in [9.17, 15) is 18.4 Å². The first-order chi connectivity index (χ1) is 16.0. The summed E-state index contributed by atoms with van der Waals surface area (Å²) >= 11 is 1.37. The van der Waals surface area contributed by atoms with Crippen molar-refractivity contribution in [3.05, 3.63) is 95.1 Å². The van der Waals surface area contributed by atoms with Crippen molar-refractivity contribution in [3.8, 4) is 5.75 Å². The molecule has 2 aliphatic rings. The molecule has 5 rings (SSSR count). The van der Waals surface area contributed by atoms with Crippen molar-refractivity contribution < 1.29 is 23.1 Å². The number of nitrogens with zero attached hydrogens (tertiary/aromatic N) is 2. The zero-order valence-electron chi connectivity index (χ0n) is 17.8. The summed E-state index contributed by atoms with van der Waals surface area (Å²) in [5, 5.41) is 0. The Morgan fingerprint density at radius 1 is 1.09 bits per heavy atom. The quantitative estimate of drug-likeness (QED) is 0.566. The van der Waals surface area contributed by atoms with Gasteiger partial charge in [0.25, 0.3) is 11.8 Å². The first kappa shape index (κ1) is 21.5. The molecular weight excluding hydrogens is 446 g/mol. The number of amides is 2. The van der Waals surface area contributed by atoms with Gasteiger partial charge in [-0.3, -0.25) is 9.59 Å². The molecule has 33 heavy (non-hydrogen) atoms. The van der Waals surface area contributed by atoms with Crippen LogP contribution >= 0.6 is 11.8 Å². The second-order valence-electron chi connectivity index (χ2n) is 7.82. The van der Waals surface area contributed by atoms with E-state index in [4.69, 9.17) is 4.74 Å². The molecule has 0 N–H and O–H groups in total. The smallest absolute Gasteiger partial charge is 0.268 e. The number of ether oxygens (including phenoxy) is 1. The number of rotatable bonds is 4. The third-order valence-electron chi connectivity index (χ3n) is 6.02. The fraction of sp³-hybridized carbons (Fsp3) is 0.200. The molecule has 0 aromatic heterocycles. The van der Waals surface area contributed by atoms with Crippen LogP contribution in [0.2, 0.25) is 0 Å². The molecule has 2 amide bonds. The largest absolute Gasteiger partial charge is 0.497 e. The molecule has 1 atom stereocenters. The average molecular weight is 467 g/mol. The molecule has 0 saturated carbocycles. The Kier molecular flexibility index (Phi) is 5.32. The van der Waals surface area contributed by atoms with E-state index in [2.05, 4.69) is 0 Å². The maximum atomic E-state index is 14.4. The number of methoxy groups -OCH3 is 1. The van der Waals surface area contributed by atoms with Gasteiger partial charge < -0.3 is 14.5 Å². The first-order valence-electron chi connectivity index (χ1n) is 10.4. The van der Waals surface area contributed by atoms with Gasteiger partial charge in [-0.25, -0.2) is 8.78 Å². The number of benzene rings is 3. The van der Waals surface area contributed by atoms with Gasteiger partial charge in [0.2, 0.25) is 0 Å². The van der Waals surface area contributed by atoms with Gasteiger partial charge in [0.1, 0.15) is 17.4 Å². The van der Waals surface area contributed by atoms with E-state index in [1.165, 1.54) is 59.0 Å². The number of carbonyl (C=O) groups is 2. The fourth-order valence-electron chi connectivity index (χ4n) is 4.42. The van der Waals surface area contributed by atoms with E-state index >= 15 is 0 Å². The lowest BCUT2D eigenvalue weighted by atomic mass is 10.0. The molecular formula is C25H20F2N2O3S. The maximum absolute atomic E-state index is 14.4. The Balaban J connectivity index is 1.62. The number of carbonyl (C=O) groups excluding carboxylic acids is 2. The number of halogens is 2. The predicted octanol–water partition coefficient (Wildman–Crippen LogP) is 4.56. The number of hydrogen-bond acceptors (Lipinski definition) is 4. The van der Waals surface area contributed by atoms with Crippen LogP contribution in [0.5, 0.6) is 5.75 Å². The van der Waals surface area contributed by atoms with Crippen molar-refractivity contribution in [3.63, 3.8) is 0 Å². The third-order valence-corrected chi connectivity index (χ3v) is 7.44. The molecule has 168 valence electrons. The van der Waals surface area contributed by atoms with Crippen LogP contribution in [0.1, 0.15) is 21.5 Å². The van der Waals surface area contributed by atoms with Gasteiger partial charge in [0.15, 0.2) is 4.87 Å². The zero-order valence-corrected chi connectivity index (χ0v) is 18.6. The summed E-state index contributed by atoms with van der Waals surface area (Å²) in [7, 11) is 1.53. The monoisotopic (exact) mass is 466 g/mol. The highest BCUT2D eigenvalue weighted by Crippen LogP contribution is 2.55. The molecule has 3 aromatic carbocycles. The van der Waals surface area contributed by atoms with Crippen molar-refractivity contribution in [2.75, 3.05) is 24.3 Å². The van der Waals surface area contributed by atoms with E-state index in [0.717, 1.165) is 0 Å². The highest BCUT2D eigenvalue weighted by molar-refractivity contribution is 8.01. The van der Waals surface area contributed by atoms with E-state index in [-0.39, 0.29) is 18.4 Å². The normalized spacial score (nSPS) is 19.3. The molecule has 0 aliphatic carbocycles. The minimum atomic E-state index is -1.30. The standard InChI is InChI=1S/C25H20F2N2O3S/c1-32-19-10-11-22-20(14-19)25(24(31)28(22)15-17-4-2-3-5-21(17)27)29(12-13-33-25)23(30)16-6-8-18(26)9-7-16/h2-11,14H,12-13,15H2,1H3/t25-/m1/s1. The van der Waals surface area contributed by atoms with Gasteiger partial charge >= 0.3 is 0 Å². The van der Waals surface area contributed by atoms with E-state index in [1.807, 2.05) is 0 Å². The molecule has 3 aromatic rings. The zero-order chi connectivity index (χ0) is 23.2. The lowest BCUT2D eigenvalue weighted by molar-refractivity contribution is -0.123. The van der Waals surface area contributed by atoms with Crippen molar-refractivity contribution in [2.24, 2.45) is 0 Å². The summed E-state index contributed by atoms with van der Waals surface area (Å²) < 4.78 is 33.3. The molecule has 8 heteroatoms. The molecule has 0 radical (unpaired) electrons. The fourth-order valence-corrected chi connectivity index (χ4v) is 5.88. The number of thioether (sulfide) groups is 1. The highest BCUT2D eigenvalue weighted by Gasteiger charge is 2.59. The van der Waals surface area contributed by atoms with Crippen molar-refractivity contribution in [2.45, 2.75) is 11.4 Å². The summed E-state index contributed by atoms with van der Waals surface area (Å²) in [4.78, 5) is 29.2. The maximum Gasteiger partial charge on any atom is 0.268 e. The second-order valence-corrected chi connectivity index (χ2v) is 9.11. The van der Waals surface area contributed by atoms with Crippen LogP contribution in [0.3, 0.4) is 0 Å². The van der Waals surface area contributed by atoms with Gasteiger partial charge in [-0.15, -0.1) is 11.8 Å². The van der Waals surface area contributed by atoms with Gasteiger partial charge in [-0.1, -0.05) is 18.2 Å². The van der Waals surface area contributed by atoms with Crippen LogP contribution in [0.25, 0.3) is 0 Å².